The molecule has 0 aliphatic carbocycles. The fourth-order valence-corrected chi connectivity index (χ4v) is 3.86. The van der Waals surface area contributed by atoms with E-state index >= 15 is 0 Å². The zero-order valence-electron chi connectivity index (χ0n) is 16.0. The summed E-state index contributed by atoms with van der Waals surface area (Å²) in [6.45, 7) is 12.9. The third-order valence-corrected chi connectivity index (χ3v) is 5.38. The van der Waals surface area contributed by atoms with Crippen LogP contribution in [-0.2, 0) is 25.7 Å². The highest BCUT2D eigenvalue weighted by atomic mass is 16.1. The number of carbonyl (C=O) groups excluding carboxylic acids is 1. The summed E-state index contributed by atoms with van der Waals surface area (Å²) in [6.07, 6.45) is 3.82. The second-order valence-electron chi connectivity index (χ2n) is 6.49. The van der Waals surface area contributed by atoms with Gasteiger partial charge in [0.2, 0.25) is 0 Å². The zero-order valence-corrected chi connectivity index (χ0v) is 16.0. The SMILES string of the molecule is CCc1ccc(C(=O)c2ccc(CC)c(C)c2CC)c(CC)c1C. The topological polar surface area (TPSA) is 17.1 Å². The van der Waals surface area contributed by atoms with Crippen molar-refractivity contribution in [3.63, 3.8) is 0 Å². The molecule has 0 amide bonds. The van der Waals surface area contributed by atoms with Gasteiger partial charge in [0.05, 0.1) is 0 Å². The van der Waals surface area contributed by atoms with Crippen molar-refractivity contribution in [3.05, 3.63) is 68.8 Å². The van der Waals surface area contributed by atoms with Gasteiger partial charge in [0.15, 0.2) is 5.78 Å². The van der Waals surface area contributed by atoms with Gasteiger partial charge in [0, 0.05) is 11.1 Å². The minimum absolute atomic E-state index is 0.181. The Balaban J connectivity index is 2.62. The number of aryl methyl sites for hydroxylation is 2. The summed E-state index contributed by atoms with van der Waals surface area (Å²) in [5.74, 6) is 0.181. The molecule has 0 heterocycles. The first-order valence-corrected chi connectivity index (χ1v) is 9.27. The molecule has 0 aromatic heterocycles. The highest BCUT2D eigenvalue weighted by Crippen LogP contribution is 2.26. The quantitative estimate of drug-likeness (QED) is 0.616. The Hall–Kier alpha value is -1.89. The first kappa shape index (κ1) is 18.4. The summed E-state index contributed by atoms with van der Waals surface area (Å²) in [5.41, 5.74) is 9.43. The summed E-state index contributed by atoms with van der Waals surface area (Å²) in [4.78, 5) is 13.3. The van der Waals surface area contributed by atoms with Crippen molar-refractivity contribution in [1.82, 2.24) is 0 Å². The number of benzene rings is 2. The van der Waals surface area contributed by atoms with Crippen molar-refractivity contribution in [3.8, 4) is 0 Å². The maximum absolute atomic E-state index is 13.3. The Morgan fingerprint density at radius 2 is 1.04 bits per heavy atom. The third-order valence-electron chi connectivity index (χ3n) is 5.38. The molecule has 0 N–H and O–H groups in total. The van der Waals surface area contributed by atoms with Crippen LogP contribution in [0, 0.1) is 13.8 Å². The molecule has 0 saturated carbocycles. The van der Waals surface area contributed by atoms with Gasteiger partial charge >= 0.3 is 0 Å². The number of carbonyl (C=O) groups is 1. The molecular formula is C23H30O. The lowest BCUT2D eigenvalue weighted by Gasteiger charge is -2.17. The standard InChI is InChI=1S/C23H30O/c1-7-17-11-13-21(19(9-3)15(17)5)23(24)22-14-12-18(8-2)16(6)20(22)10-4/h11-14H,7-10H2,1-6H3. The Morgan fingerprint density at radius 3 is 1.33 bits per heavy atom. The van der Waals surface area contributed by atoms with Crippen LogP contribution in [0.5, 0.6) is 0 Å². The molecule has 2 aromatic carbocycles. The van der Waals surface area contributed by atoms with E-state index in [0.29, 0.717) is 0 Å². The van der Waals surface area contributed by atoms with Crippen molar-refractivity contribution in [2.45, 2.75) is 67.2 Å². The Bertz CT molecular complexity index is 690. The molecule has 2 rings (SSSR count). The second-order valence-corrected chi connectivity index (χ2v) is 6.49. The van der Waals surface area contributed by atoms with Crippen LogP contribution in [0.4, 0.5) is 0 Å². The monoisotopic (exact) mass is 322 g/mol. The van der Waals surface area contributed by atoms with Crippen molar-refractivity contribution in [1.29, 1.82) is 0 Å². The largest absolute Gasteiger partial charge is 0.289 e. The van der Waals surface area contributed by atoms with E-state index in [4.69, 9.17) is 0 Å². The summed E-state index contributed by atoms with van der Waals surface area (Å²) in [7, 11) is 0. The van der Waals surface area contributed by atoms with Gasteiger partial charge in [-0.25, -0.2) is 0 Å². The van der Waals surface area contributed by atoms with Crippen LogP contribution < -0.4 is 0 Å². The average Bonchev–Trinajstić information content (AvgIpc) is 2.60. The number of rotatable bonds is 6. The molecule has 1 heteroatoms. The summed E-state index contributed by atoms with van der Waals surface area (Å²) in [5, 5.41) is 0. The zero-order chi connectivity index (χ0) is 17.9. The van der Waals surface area contributed by atoms with Gasteiger partial charge < -0.3 is 0 Å². The molecule has 1 nitrogen and oxygen atoms in total. The van der Waals surface area contributed by atoms with Crippen LogP contribution in [0.2, 0.25) is 0 Å². The summed E-state index contributed by atoms with van der Waals surface area (Å²) < 4.78 is 0. The predicted octanol–water partition coefficient (Wildman–Crippen LogP) is 5.78. The van der Waals surface area contributed by atoms with Gasteiger partial charge in [-0.05, 0) is 72.9 Å². The number of hydrogen-bond acceptors (Lipinski definition) is 1. The molecule has 0 saturated heterocycles. The lowest BCUT2D eigenvalue weighted by molar-refractivity contribution is 0.103. The molecular weight excluding hydrogens is 292 g/mol. The number of hydrogen-bond donors (Lipinski definition) is 0. The molecule has 0 fully saturated rings. The lowest BCUT2D eigenvalue weighted by Crippen LogP contribution is -2.12. The molecule has 128 valence electrons. The molecule has 0 aliphatic heterocycles. The van der Waals surface area contributed by atoms with E-state index in [1.165, 1.54) is 33.4 Å². The van der Waals surface area contributed by atoms with E-state index in [1.54, 1.807) is 0 Å². The highest BCUT2D eigenvalue weighted by molar-refractivity contribution is 6.11. The van der Waals surface area contributed by atoms with E-state index in [2.05, 4.69) is 53.7 Å². The van der Waals surface area contributed by atoms with Gasteiger partial charge in [-0.2, -0.15) is 0 Å². The van der Waals surface area contributed by atoms with E-state index in [1.807, 2.05) is 12.1 Å². The van der Waals surface area contributed by atoms with Crippen LogP contribution >= 0.6 is 0 Å². The van der Waals surface area contributed by atoms with Crippen LogP contribution in [-0.4, -0.2) is 5.78 Å². The van der Waals surface area contributed by atoms with E-state index < -0.39 is 0 Å². The lowest BCUT2D eigenvalue weighted by atomic mass is 9.86. The molecule has 0 atom stereocenters. The van der Waals surface area contributed by atoms with Crippen LogP contribution in [0.3, 0.4) is 0 Å². The van der Waals surface area contributed by atoms with Crippen LogP contribution in [0.15, 0.2) is 24.3 Å². The van der Waals surface area contributed by atoms with Crippen molar-refractivity contribution in [2.75, 3.05) is 0 Å². The number of ketones is 1. The van der Waals surface area contributed by atoms with Gasteiger partial charge in [0.1, 0.15) is 0 Å². The second kappa shape index (κ2) is 7.79. The summed E-state index contributed by atoms with van der Waals surface area (Å²) in [6, 6.07) is 8.33. The Morgan fingerprint density at radius 1 is 0.667 bits per heavy atom. The van der Waals surface area contributed by atoms with Gasteiger partial charge in [0.25, 0.3) is 0 Å². The fourth-order valence-electron chi connectivity index (χ4n) is 3.86. The molecule has 2 aromatic rings. The molecule has 0 unspecified atom stereocenters. The van der Waals surface area contributed by atoms with Gasteiger partial charge in [-0.15, -0.1) is 0 Å². The van der Waals surface area contributed by atoms with E-state index in [9.17, 15) is 4.79 Å². The van der Waals surface area contributed by atoms with Crippen molar-refractivity contribution < 1.29 is 4.79 Å². The smallest absolute Gasteiger partial charge is 0.193 e. The Kier molecular flexibility index (Phi) is 5.99. The maximum atomic E-state index is 13.3. The Labute approximate surface area is 147 Å². The minimum atomic E-state index is 0.181. The molecule has 24 heavy (non-hydrogen) atoms. The minimum Gasteiger partial charge on any atom is -0.289 e. The predicted molar refractivity (Wildman–Crippen MR) is 103 cm³/mol. The first-order chi connectivity index (χ1) is 11.5. The van der Waals surface area contributed by atoms with Gasteiger partial charge in [-0.3, -0.25) is 4.79 Å². The molecule has 0 aliphatic rings. The van der Waals surface area contributed by atoms with E-state index in [0.717, 1.165) is 36.8 Å². The fraction of sp³-hybridized carbons (Fsp3) is 0.435. The van der Waals surface area contributed by atoms with Crippen molar-refractivity contribution in [2.24, 2.45) is 0 Å². The van der Waals surface area contributed by atoms with Crippen molar-refractivity contribution >= 4 is 5.78 Å². The normalized spacial score (nSPS) is 10.9. The molecule has 0 radical (unpaired) electrons. The third kappa shape index (κ3) is 3.17. The average molecular weight is 322 g/mol. The van der Waals surface area contributed by atoms with Crippen LogP contribution in [0.1, 0.15) is 77.0 Å². The highest BCUT2D eigenvalue weighted by Gasteiger charge is 2.19. The molecule has 0 spiro atoms. The first-order valence-electron chi connectivity index (χ1n) is 9.27. The maximum Gasteiger partial charge on any atom is 0.193 e. The summed E-state index contributed by atoms with van der Waals surface area (Å²) >= 11 is 0. The van der Waals surface area contributed by atoms with Gasteiger partial charge in [-0.1, -0.05) is 52.0 Å². The van der Waals surface area contributed by atoms with E-state index in [-0.39, 0.29) is 5.78 Å². The van der Waals surface area contributed by atoms with Crippen LogP contribution in [0.25, 0.3) is 0 Å². The molecule has 0 bridgehead atoms.